The van der Waals surface area contributed by atoms with Gasteiger partial charge in [-0.3, -0.25) is 14.9 Å². The van der Waals surface area contributed by atoms with Crippen LogP contribution in [0.3, 0.4) is 0 Å². The fourth-order valence-electron chi connectivity index (χ4n) is 2.20. The van der Waals surface area contributed by atoms with Crippen LogP contribution in [0.4, 0.5) is 5.69 Å². The lowest BCUT2D eigenvalue weighted by Crippen LogP contribution is -2.23. The van der Waals surface area contributed by atoms with Crippen molar-refractivity contribution in [3.8, 4) is 9.88 Å². The van der Waals surface area contributed by atoms with E-state index in [9.17, 15) is 14.9 Å². The van der Waals surface area contributed by atoms with Crippen LogP contribution in [0.1, 0.15) is 20.9 Å². The Morgan fingerprint density at radius 1 is 1.40 bits per heavy atom. The molecule has 0 saturated heterocycles. The van der Waals surface area contributed by atoms with Crippen molar-refractivity contribution in [1.29, 1.82) is 0 Å². The summed E-state index contributed by atoms with van der Waals surface area (Å²) in [5.41, 5.74) is 0.495. The molecule has 0 fully saturated rings. The van der Waals surface area contributed by atoms with E-state index in [0.717, 1.165) is 20.5 Å². The van der Waals surface area contributed by atoms with E-state index in [0.29, 0.717) is 0 Å². The van der Waals surface area contributed by atoms with Crippen molar-refractivity contribution in [3.05, 3.63) is 67.0 Å². The second kappa shape index (κ2) is 7.30. The van der Waals surface area contributed by atoms with Gasteiger partial charge in [-0.25, -0.2) is 4.98 Å². The molecule has 2 aromatic heterocycles. The zero-order chi connectivity index (χ0) is 18.0. The van der Waals surface area contributed by atoms with Crippen LogP contribution in [0, 0.1) is 17.0 Å². The molecule has 25 heavy (non-hydrogen) atoms. The summed E-state index contributed by atoms with van der Waals surface area (Å²) in [6, 6.07) is 7.85. The van der Waals surface area contributed by atoms with Crippen molar-refractivity contribution in [2.75, 3.05) is 0 Å². The molecule has 6 nitrogen and oxygen atoms in total. The Labute approximate surface area is 156 Å². The van der Waals surface area contributed by atoms with E-state index in [-0.39, 0.29) is 22.8 Å². The standard InChI is InChI=1S/C16H12ClN3O3S2/c1-9-14(25-16(19-9)13-3-2-6-24-13)8-18-15(21)11-7-10(17)4-5-12(11)20(22)23/h2-7H,8H2,1H3,(H,18,21). The van der Waals surface area contributed by atoms with Crippen LogP contribution in [-0.2, 0) is 6.54 Å². The number of nitro groups is 1. The van der Waals surface area contributed by atoms with Gasteiger partial charge in [-0.15, -0.1) is 22.7 Å². The molecule has 0 aliphatic carbocycles. The number of carbonyl (C=O) groups excluding carboxylic acids is 1. The van der Waals surface area contributed by atoms with Gasteiger partial charge in [0.05, 0.1) is 22.0 Å². The lowest BCUT2D eigenvalue weighted by molar-refractivity contribution is -0.385. The molecular weight excluding hydrogens is 382 g/mol. The van der Waals surface area contributed by atoms with Crippen molar-refractivity contribution in [2.45, 2.75) is 13.5 Å². The third-order valence-electron chi connectivity index (χ3n) is 3.43. The first-order valence-electron chi connectivity index (χ1n) is 7.18. The van der Waals surface area contributed by atoms with Crippen LogP contribution in [-0.4, -0.2) is 15.8 Å². The molecule has 2 heterocycles. The van der Waals surface area contributed by atoms with E-state index >= 15 is 0 Å². The number of aryl methyl sites for hydroxylation is 1. The molecule has 0 aliphatic heterocycles. The summed E-state index contributed by atoms with van der Waals surface area (Å²) in [5.74, 6) is -0.542. The minimum atomic E-state index is -0.599. The first-order chi connectivity index (χ1) is 12.0. The number of halogens is 1. The highest BCUT2D eigenvalue weighted by Gasteiger charge is 2.21. The number of thiophene rings is 1. The fraction of sp³-hybridized carbons (Fsp3) is 0.125. The van der Waals surface area contributed by atoms with E-state index in [1.807, 2.05) is 24.4 Å². The molecule has 0 spiro atoms. The largest absolute Gasteiger partial charge is 0.347 e. The van der Waals surface area contributed by atoms with Crippen LogP contribution < -0.4 is 5.32 Å². The Balaban J connectivity index is 1.77. The molecule has 1 aromatic carbocycles. The Hall–Kier alpha value is -2.29. The Morgan fingerprint density at radius 3 is 2.88 bits per heavy atom. The van der Waals surface area contributed by atoms with Crippen molar-refractivity contribution >= 4 is 45.9 Å². The summed E-state index contributed by atoms with van der Waals surface area (Å²) in [6.07, 6.45) is 0. The summed E-state index contributed by atoms with van der Waals surface area (Å²) in [4.78, 5) is 29.3. The van der Waals surface area contributed by atoms with Gasteiger partial charge in [0.25, 0.3) is 11.6 Å². The molecule has 0 unspecified atom stereocenters. The van der Waals surface area contributed by atoms with E-state index < -0.39 is 10.8 Å². The minimum absolute atomic E-state index is 0.0573. The zero-order valence-electron chi connectivity index (χ0n) is 13.0. The molecule has 128 valence electrons. The number of hydrogen-bond donors (Lipinski definition) is 1. The number of nitrogens with zero attached hydrogens (tertiary/aromatic N) is 2. The third kappa shape index (κ3) is 3.87. The number of carbonyl (C=O) groups is 1. The van der Waals surface area contributed by atoms with E-state index in [1.165, 1.54) is 29.5 Å². The van der Waals surface area contributed by atoms with Gasteiger partial charge in [0, 0.05) is 16.0 Å². The number of rotatable bonds is 5. The summed E-state index contributed by atoms with van der Waals surface area (Å²) in [5, 5.41) is 16.9. The molecule has 1 N–H and O–H groups in total. The molecule has 0 saturated carbocycles. The van der Waals surface area contributed by atoms with E-state index in [2.05, 4.69) is 10.3 Å². The topological polar surface area (TPSA) is 85.1 Å². The highest BCUT2D eigenvalue weighted by Crippen LogP contribution is 2.31. The predicted octanol–water partition coefficient (Wildman–Crippen LogP) is 4.67. The van der Waals surface area contributed by atoms with Crippen molar-refractivity contribution in [1.82, 2.24) is 10.3 Å². The number of hydrogen-bond acceptors (Lipinski definition) is 6. The average Bonchev–Trinajstić information content (AvgIpc) is 3.22. The Bertz CT molecular complexity index is 938. The number of thiazole rings is 1. The second-order valence-electron chi connectivity index (χ2n) is 5.11. The maximum Gasteiger partial charge on any atom is 0.282 e. The molecule has 0 bridgehead atoms. The van der Waals surface area contributed by atoms with Crippen LogP contribution >= 0.6 is 34.3 Å². The molecular formula is C16H12ClN3O3S2. The SMILES string of the molecule is Cc1nc(-c2cccs2)sc1CNC(=O)c1cc(Cl)ccc1[N+](=O)[O-]. The summed E-state index contributed by atoms with van der Waals surface area (Å²) in [7, 11) is 0. The third-order valence-corrected chi connectivity index (χ3v) is 5.87. The lowest BCUT2D eigenvalue weighted by Gasteiger charge is -2.05. The van der Waals surface area contributed by atoms with Gasteiger partial charge in [0.2, 0.25) is 0 Å². The van der Waals surface area contributed by atoms with Crippen LogP contribution in [0.15, 0.2) is 35.7 Å². The second-order valence-corrected chi connectivity index (χ2v) is 7.57. The highest BCUT2D eigenvalue weighted by atomic mass is 35.5. The van der Waals surface area contributed by atoms with Crippen molar-refractivity contribution in [2.24, 2.45) is 0 Å². The predicted molar refractivity (Wildman–Crippen MR) is 99.4 cm³/mol. The molecule has 0 atom stereocenters. The molecule has 1 amide bonds. The number of benzene rings is 1. The van der Waals surface area contributed by atoms with E-state index in [4.69, 9.17) is 11.6 Å². The minimum Gasteiger partial charge on any atom is -0.347 e. The maximum absolute atomic E-state index is 12.4. The van der Waals surface area contributed by atoms with Gasteiger partial charge < -0.3 is 5.32 Å². The Kier molecular flexibility index (Phi) is 5.12. The van der Waals surface area contributed by atoms with Crippen LogP contribution in [0.25, 0.3) is 9.88 Å². The summed E-state index contributed by atoms with van der Waals surface area (Å²) >= 11 is 8.95. The zero-order valence-corrected chi connectivity index (χ0v) is 15.4. The number of nitro benzene ring substituents is 1. The highest BCUT2D eigenvalue weighted by molar-refractivity contribution is 7.21. The van der Waals surface area contributed by atoms with Crippen molar-refractivity contribution < 1.29 is 9.72 Å². The lowest BCUT2D eigenvalue weighted by atomic mass is 10.1. The molecule has 0 radical (unpaired) electrons. The van der Waals surface area contributed by atoms with Gasteiger partial charge in [-0.05, 0) is 30.5 Å². The molecule has 9 heteroatoms. The molecule has 3 rings (SSSR count). The fourth-order valence-corrected chi connectivity index (χ4v) is 4.17. The quantitative estimate of drug-likeness (QED) is 0.504. The first-order valence-corrected chi connectivity index (χ1v) is 9.25. The average molecular weight is 394 g/mol. The van der Waals surface area contributed by atoms with Crippen LogP contribution in [0.5, 0.6) is 0 Å². The monoisotopic (exact) mass is 393 g/mol. The number of aromatic nitrogens is 1. The van der Waals surface area contributed by atoms with Gasteiger partial charge in [-0.1, -0.05) is 17.7 Å². The normalized spacial score (nSPS) is 10.6. The van der Waals surface area contributed by atoms with Gasteiger partial charge >= 0.3 is 0 Å². The van der Waals surface area contributed by atoms with Gasteiger partial charge in [0.1, 0.15) is 10.6 Å². The Morgan fingerprint density at radius 2 is 2.20 bits per heavy atom. The van der Waals surface area contributed by atoms with Crippen LogP contribution in [0.2, 0.25) is 5.02 Å². The molecule has 3 aromatic rings. The number of amides is 1. The summed E-state index contributed by atoms with van der Waals surface area (Å²) in [6.45, 7) is 2.12. The maximum atomic E-state index is 12.4. The molecule has 0 aliphatic rings. The van der Waals surface area contributed by atoms with Crippen molar-refractivity contribution in [3.63, 3.8) is 0 Å². The summed E-state index contributed by atoms with van der Waals surface area (Å²) < 4.78 is 0. The number of nitrogens with one attached hydrogen (secondary N) is 1. The smallest absolute Gasteiger partial charge is 0.282 e. The van der Waals surface area contributed by atoms with Gasteiger partial charge in [-0.2, -0.15) is 0 Å². The van der Waals surface area contributed by atoms with E-state index in [1.54, 1.807) is 11.3 Å². The van der Waals surface area contributed by atoms with Gasteiger partial charge in [0.15, 0.2) is 0 Å². The first kappa shape index (κ1) is 17.5.